The summed E-state index contributed by atoms with van der Waals surface area (Å²) in [6, 6.07) is 8.47. The number of benzene rings is 1. The lowest BCUT2D eigenvalue weighted by Gasteiger charge is -2.33. The van der Waals surface area contributed by atoms with Gasteiger partial charge in [-0.15, -0.1) is 0 Å². The maximum atomic E-state index is 13.1. The van der Waals surface area contributed by atoms with Crippen molar-refractivity contribution in [3.05, 3.63) is 35.9 Å². The zero-order valence-electron chi connectivity index (χ0n) is 19.3. The van der Waals surface area contributed by atoms with E-state index in [-0.39, 0.29) is 30.9 Å². The number of rotatable bonds is 13. The summed E-state index contributed by atoms with van der Waals surface area (Å²) in [4.78, 5) is 36.3. The molecule has 3 N–H and O–H groups in total. The van der Waals surface area contributed by atoms with Crippen LogP contribution in [0.3, 0.4) is 0 Å². The van der Waals surface area contributed by atoms with Crippen LogP contribution in [-0.2, 0) is 20.9 Å². The fraction of sp³-hybridized carbons (Fsp3) is 0.609. The summed E-state index contributed by atoms with van der Waals surface area (Å²) in [7, 11) is 1.63. The van der Waals surface area contributed by atoms with Crippen LogP contribution in [0.1, 0.15) is 58.9 Å². The average Bonchev–Trinajstić information content (AvgIpc) is 2.70. The highest BCUT2D eigenvalue weighted by Crippen LogP contribution is 2.16. The molecule has 0 heterocycles. The molecule has 0 aliphatic heterocycles. The van der Waals surface area contributed by atoms with Gasteiger partial charge in [0, 0.05) is 19.5 Å². The van der Waals surface area contributed by atoms with Crippen molar-refractivity contribution in [2.75, 3.05) is 7.05 Å². The number of carboxylic acids is 1. The van der Waals surface area contributed by atoms with E-state index >= 15 is 0 Å². The van der Waals surface area contributed by atoms with E-state index in [2.05, 4.69) is 10.7 Å². The van der Waals surface area contributed by atoms with Crippen LogP contribution in [0.25, 0.3) is 0 Å². The SMILES string of the molecule is CC[C@H](C)[C@@H](C(=O)N[C@@H](CCC(=O)O)CC(C)C)N(C)NC(=O)OCc1ccccc1. The van der Waals surface area contributed by atoms with E-state index in [0.717, 1.165) is 12.0 Å². The molecule has 0 fully saturated rings. The Bertz CT molecular complexity index is 696. The van der Waals surface area contributed by atoms with Gasteiger partial charge in [-0.05, 0) is 30.2 Å². The predicted octanol–water partition coefficient (Wildman–Crippen LogP) is 3.57. The van der Waals surface area contributed by atoms with Crippen LogP contribution in [0.15, 0.2) is 30.3 Å². The van der Waals surface area contributed by atoms with Gasteiger partial charge in [0.15, 0.2) is 0 Å². The number of nitrogens with one attached hydrogen (secondary N) is 2. The Labute approximate surface area is 185 Å². The van der Waals surface area contributed by atoms with E-state index in [1.54, 1.807) is 7.05 Å². The first kappa shape index (κ1) is 26.4. The van der Waals surface area contributed by atoms with Gasteiger partial charge in [0.05, 0.1) is 0 Å². The first-order valence-electron chi connectivity index (χ1n) is 10.9. The number of hydrogen-bond acceptors (Lipinski definition) is 5. The number of carbonyl (C=O) groups is 3. The molecule has 0 aromatic heterocycles. The molecule has 8 heteroatoms. The maximum Gasteiger partial charge on any atom is 0.422 e. The van der Waals surface area contributed by atoms with E-state index in [9.17, 15) is 14.4 Å². The van der Waals surface area contributed by atoms with Crippen LogP contribution >= 0.6 is 0 Å². The maximum absolute atomic E-state index is 13.1. The van der Waals surface area contributed by atoms with Crippen LogP contribution in [-0.4, -0.2) is 47.2 Å². The molecule has 0 unspecified atom stereocenters. The third-order valence-corrected chi connectivity index (χ3v) is 5.16. The van der Waals surface area contributed by atoms with Crippen molar-refractivity contribution >= 4 is 18.0 Å². The Kier molecular flexibility index (Phi) is 11.6. The lowest BCUT2D eigenvalue weighted by atomic mass is 9.95. The molecule has 3 atom stereocenters. The minimum atomic E-state index is -0.888. The normalized spacial score (nSPS) is 14.0. The van der Waals surface area contributed by atoms with Crippen molar-refractivity contribution in [2.24, 2.45) is 11.8 Å². The number of amides is 2. The number of carboxylic acid groups (broad SMARTS) is 1. The first-order chi connectivity index (χ1) is 14.6. The van der Waals surface area contributed by atoms with Crippen LogP contribution in [0.2, 0.25) is 0 Å². The number of nitrogens with zero attached hydrogens (tertiary/aromatic N) is 1. The van der Waals surface area contributed by atoms with Gasteiger partial charge in [0.1, 0.15) is 12.6 Å². The summed E-state index contributed by atoms with van der Waals surface area (Å²) in [5, 5.41) is 13.5. The van der Waals surface area contributed by atoms with E-state index in [1.807, 2.05) is 58.0 Å². The van der Waals surface area contributed by atoms with Crippen LogP contribution < -0.4 is 10.7 Å². The molecule has 31 heavy (non-hydrogen) atoms. The topological polar surface area (TPSA) is 108 Å². The smallest absolute Gasteiger partial charge is 0.422 e. The van der Waals surface area contributed by atoms with Gasteiger partial charge >= 0.3 is 12.1 Å². The highest BCUT2D eigenvalue weighted by molar-refractivity contribution is 5.82. The second kappa shape index (κ2) is 13.6. The largest absolute Gasteiger partial charge is 0.481 e. The monoisotopic (exact) mass is 435 g/mol. The van der Waals surface area contributed by atoms with Gasteiger partial charge in [0.25, 0.3) is 0 Å². The lowest BCUT2D eigenvalue weighted by Crippen LogP contribution is -2.57. The number of hydrogen-bond donors (Lipinski definition) is 3. The third kappa shape index (κ3) is 10.3. The van der Waals surface area contributed by atoms with Crippen molar-refractivity contribution in [1.29, 1.82) is 0 Å². The van der Waals surface area contributed by atoms with Crippen LogP contribution in [0, 0.1) is 11.8 Å². The highest BCUT2D eigenvalue weighted by Gasteiger charge is 2.31. The Morgan fingerprint density at radius 1 is 1.13 bits per heavy atom. The quantitative estimate of drug-likeness (QED) is 0.409. The fourth-order valence-electron chi connectivity index (χ4n) is 3.41. The number of carbonyl (C=O) groups excluding carboxylic acids is 2. The summed E-state index contributed by atoms with van der Waals surface area (Å²) >= 11 is 0. The molecule has 0 bridgehead atoms. The van der Waals surface area contributed by atoms with Crippen LogP contribution in [0.4, 0.5) is 4.79 Å². The number of ether oxygens (including phenoxy) is 1. The lowest BCUT2D eigenvalue weighted by molar-refractivity contribution is -0.138. The van der Waals surface area contributed by atoms with Gasteiger partial charge in [-0.25, -0.2) is 9.80 Å². The van der Waals surface area contributed by atoms with Crippen LogP contribution in [0.5, 0.6) is 0 Å². The summed E-state index contributed by atoms with van der Waals surface area (Å²) in [5.74, 6) is -0.860. The minimum absolute atomic E-state index is 0.00837. The molecule has 1 aromatic rings. The molecule has 0 saturated carbocycles. The van der Waals surface area contributed by atoms with E-state index < -0.39 is 18.1 Å². The van der Waals surface area contributed by atoms with Gasteiger partial charge < -0.3 is 15.2 Å². The molecule has 174 valence electrons. The van der Waals surface area contributed by atoms with Gasteiger partial charge in [0.2, 0.25) is 5.91 Å². The second-order valence-corrected chi connectivity index (χ2v) is 8.38. The second-order valence-electron chi connectivity index (χ2n) is 8.38. The minimum Gasteiger partial charge on any atom is -0.481 e. The van der Waals surface area contributed by atoms with Crippen molar-refractivity contribution < 1.29 is 24.2 Å². The standard InChI is InChI=1S/C23H37N3O5/c1-6-17(4)21(22(29)24-19(14-16(2)3)12-13-20(27)28)26(5)25-23(30)31-15-18-10-8-7-9-11-18/h7-11,16-17,19,21H,6,12-15H2,1-5H3,(H,24,29)(H,25,30)(H,27,28)/t17-,19-,21-/m0/s1. The molecule has 0 spiro atoms. The summed E-state index contributed by atoms with van der Waals surface area (Å²) in [6.45, 7) is 8.10. The summed E-state index contributed by atoms with van der Waals surface area (Å²) in [5.41, 5.74) is 3.49. The van der Waals surface area contributed by atoms with Crippen molar-refractivity contribution in [3.63, 3.8) is 0 Å². The van der Waals surface area contributed by atoms with Crippen molar-refractivity contribution in [3.8, 4) is 0 Å². The molecule has 2 amide bonds. The molecule has 0 saturated heterocycles. The molecule has 0 aliphatic carbocycles. The van der Waals surface area contributed by atoms with Gasteiger partial charge in [-0.3, -0.25) is 15.0 Å². The van der Waals surface area contributed by atoms with E-state index in [4.69, 9.17) is 9.84 Å². The Morgan fingerprint density at radius 2 is 1.77 bits per heavy atom. The highest BCUT2D eigenvalue weighted by atomic mass is 16.6. The molecule has 0 radical (unpaired) electrons. The zero-order chi connectivity index (χ0) is 23.4. The van der Waals surface area contributed by atoms with E-state index in [1.165, 1.54) is 5.01 Å². The predicted molar refractivity (Wildman–Crippen MR) is 119 cm³/mol. The summed E-state index contributed by atoms with van der Waals surface area (Å²) in [6.07, 6.45) is 1.13. The zero-order valence-corrected chi connectivity index (χ0v) is 19.3. The van der Waals surface area contributed by atoms with E-state index in [0.29, 0.717) is 18.8 Å². The number of likely N-dealkylation sites (N-methyl/N-ethyl adjacent to an activating group) is 1. The Morgan fingerprint density at radius 3 is 2.32 bits per heavy atom. The Hall–Kier alpha value is -2.61. The molecular formula is C23H37N3O5. The average molecular weight is 436 g/mol. The molecule has 0 aliphatic rings. The first-order valence-corrected chi connectivity index (χ1v) is 10.9. The number of aliphatic carboxylic acids is 1. The molecule has 1 rings (SSSR count). The van der Waals surface area contributed by atoms with Gasteiger partial charge in [-0.1, -0.05) is 64.4 Å². The van der Waals surface area contributed by atoms with Crippen molar-refractivity contribution in [2.45, 2.75) is 72.1 Å². The molecular weight excluding hydrogens is 398 g/mol. The molecule has 8 nitrogen and oxygen atoms in total. The number of hydrazine groups is 1. The summed E-state index contributed by atoms with van der Waals surface area (Å²) < 4.78 is 5.25. The fourth-order valence-corrected chi connectivity index (χ4v) is 3.41. The third-order valence-electron chi connectivity index (χ3n) is 5.16. The molecule has 1 aromatic carbocycles. The van der Waals surface area contributed by atoms with Gasteiger partial charge in [-0.2, -0.15) is 0 Å². The Balaban J connectivity index is 2.75. The van der Waals surface area contributed by atoms with Crippen molar-refractivity contribution in [1.82, 2.24) is 15.8 Å².